The summed E-state index contributed by atoms with van der Waals surface area (Å²) in [6, 6.07) is 6.02. The van der Waals surface area contributed by atoms with E-state index >= 15 is 0 Å². The summed E-state index contributed by atoms with van der Waals surface area (Å²) in [5.74, 6) is 1.54. The second-order valence-electron chi connectivity index (χ2n) is 6.00. The Balaban J connectivity index is 0.00000121. The molecule has 0 unspecified atom stereocenters. The molecule has 26 heavy (non-hydrogen) atoms. The number of hydrogen-bond acceptors (Lipinski definition) is 6. The van der Waals surface area contributed by atoms with Gasteiger partial charge in [0.15, 0.2) is 11.5 Å². The molecule has 1 atom stereocenters. The van der Waals surface area contributed by atoms with Crippen LogP contribution in [0.15, 0.2) is 23.6 Å². The fraction of sp³-hybridized carbons (Fsp3) is 0.412. The fourth-order valence-corrected chi connectivity index (χ4v) is 3.79. The molecule has 2 N–H and O–H groups in total. The molecule has 4 rings (SSSR count). The van der Waals surface area contributed by atoms with E-state index in [0.29, 0.717) is 6.42 Å². The van der Waals surface area contributed by atoms with Gasteiger partial charge in [0.05, 0.1) is 12.1 Å². The molecule has 1 fully saturated rings. The van der Waals surface area contributed by atoms with Gasteiger partial charge in [0.25, 0.3) is 0 Å². The number of thiazole rings is 1. The molecule has 0 saturated carbocycles. The number of ether oxygens (including phenoxy) is 2. The molecule has 0 radical (unpaired) electrons. The van der Waals surface area contributed by atoms with Crippen molar-refractivity contribution in [2.45, 2.75) is 25.3 Å². The zero-order valence-electron chi connectivity index (χ0n) is 14.0. The van der Waals surface area contributed by atoms with Crippen LogP contribution in [0.2, 0.25) is 0 Å². The molecule has 9 heteroatoms. The monoisotopic (exact) mass is 417 g/mol. The Morgan fingerprint density at radius 2 is 2.15 bits per heavy atom. The first-order valence-electron chi connectivity index (χ1n) is 8.12. The number of halogens is 2. The van der Waals surface area contributed by atoms with Crippen LogP contribution in [0, 0.1) is 0 Å². The molecule has 0 bridgehead atoms. The maximum absolute atomic E-state index is 12.2. The first-order chi connectivity index (χ1) is 11.8. The van der Waals surface area contributed by atoms with Gasteiger partial charge in [0, 0.05) is 23.5 Å². The molecular formula is C17H21Cl2N3O3S. The van der Waals surface area contributed by atoms with Gasteiger partial charge in [-0.15, -0.1) is 36.2 Å². The van der Waals surface area contributed by atoms with Crippen LogP contribution < -0.4 is 20.1 Å². The lowest BCUT2D eigenvalue weighted by Crippen LogP contribution is -2.46. The molecule has 2 aliphatic rings. The average Bonchev–Trinajstić information content (AvgIpc) is 3.24. The van der Waals surface area contributed by atoms with Gasteiger partial charge in [-0.25, -0.2) is 4.98 Å². The van der Waals surface area contributed by atoms with Crippen LogP contribution in [-0.4, -0.2) is 36.8 Å². The molecule has 3 heterocycles. The maximum Gasteiger partial charge on any atom is 0.231 e. The van der Waals surface area contributed by atoms with Crippen LogP contribution in [0.4, 0.5) is 0 Å². The number of nitrogens with one attached hydrogen (secondary N) is 2. The normalized spacial score (nSPS) is 17.8. The number of benzene rings is 1. The Hall–Kier alpha value is -1.54. The van der Waals surface area contributed by atoms with E-state index in [-0.39, 0.29) is 43.6 Å². The third-order valence-corrected chi connectivity index (χ3v) is 5.12. The van der Waals surface area contributed by atoms with Crippen LogP contribution in [-0.2, 0) is 11.2 Å². The van der Waals surface area contributed by atoms with E-state index in [9.17, 15) is 4.79 Å². The lowest BCUT2D eigenvalue weighted by Gasteiger charge is -2.23. The van der Waals surface area contributed by atoms with Gasteiger partial charge in [0.2, 0.25) is 12.7 Å². The van der Waals surface area contributed by atoms with Crippen molar-refractivity contribution in [2.75, 3.05) is 19.9 Å². The lowest BCUT2D eigenvalue weighted by atomic mass is 10.1. The summed E-state index contributed by atoms with van der Waals surface area (Å²) in [6.45, 7) is 2.15. The number of carbonyl (C=O) groups excluding carboxylic acids is 1. The Morgan fingerprint density at radius 3 is 2.96 bits per heavy atom. The number of nitrogens with zero attached hydrogens (tertiary/aromatic N) is 1. The highest BCUT2D eigenvalue weighted by Gasteiger charge is 2.18. The molecule has 142 valence electrons. The number of rotatable bonds is 4. The van der Waals surface area contributed by atoms with Crippen molar-refractivity contribution in [3.05, 3.63) is 29.3 Å². The summed E-state index contributed by atoms with van der Waals surface area (Å²) in [4.78, 5) is 16.8. The highest BCUT2D eigenvalue weighted by molar-refractivity contribution is 7.13. The summed E-state index contributed by atoms with van der Waals surface area (Å²) in [5.41, 5.74) is 1.78. The third-order valence-electron chi connectivity index (χ3n) is 4.17. The number of piperidine rings is 1. The van der Waals surface area contributed by atoms with E-state index in [1.807, 2.05) is 23.6 Å². The lowest BCUT2D eigenvalue weighted by molar-refractivity contribution is -0.121. The van der Waals surface area contributed by atoms with Gasteiger partial charge in [-0.2, -0.15) is 0 Å². The summed E-state index contributed by atoms with van der Waals surface area (Å²) >= 11 is 1.54. The van der Waals surface area contributed by atoms with E-state index in [4.69, 9.17) is 9.47 Å². The highest BCUT2D eigenvalue weighted by Crippen LogP contribution is 2.36. The van der Waals surface area contributed by atoms with Gasteiger partial charge < -0.3 is 20.1 Å². The maximum atomic E-state index is 12.2. The van der Waals surface area contributed by atoms with Crippen molar-refractivity contribution in [3.63, 3.8) is 0 Å². The first-order valence-corrected chi connectivity index (χ1v) is 9.00. The van der Waals surface area contributed by atoms with Crippen molar-refractivity contribution in [1.82, 2.24) is 15.6 Å². The van der Waals surface area contributed by atoms with Gasteiger partial charge in [-0.1, -0.05) is 0 Å². The highest BCUT2D eigenvalue weighted by atomic mass is 35.5. The van der Waals surface area contributed by atoms with Crippen molar-refractivity contribution in [1.29, 1.82) is 0 Å². The largest absolute Gasteiger partial charge is 0.454 e. The van der Waals surface area contributed by atoms with E-state index in [1.54, 1.807) is 0 Å². The van der Waals surface area contributed by atoms with Gasteiger partial charge in [0.1, 0.15) is 5.01 Å². The van der Waals surface area contributed by atoms with Crippen molar-refractivity contribution < 1.29 is 14.3 Å². The molecule has 0 spiro atoms. The second-order valence-corrected chi connectivity index (χ2v) is 6.86. The topological polar surface area (TPSA) is 72.5 Å². The predicted octanol–water partition coefficient (Wildman–Crippen LogP) is 2.79. The molecule has 1 saturated heterocycles. The van der Waals surface area contributed by atoms with Crippen molar-refractivity contribution in [3.8, 4) is 22.1 Å². The summed E-state index contributed by atoms with van der Waals surface area (Å²) in [5, 5.41) is 9.20. The molecule has 1 aromatic carbocycles. The first kappa shape index (κ1) is 20.8. The molecule has 1 amide bonds. The number of carbonyl (C=O) groups is 1. The Bertz CT molecular complexity index is 751. The van der Waals surface area contributed by atoms with Crippen molar-refractivity contribution >= 4 is 42.1 Å². The van der Waals surface area contributed by atoms with Crippen LogP contribution in [0.5, 0.6) is 11.5 Å². The number of hydrogen-bond donors (Lipinski definition) is 2. The van der Waals surface area contributed by atoms with Gasteiger partial charge in [-0.3, -0.25) is 4.79 Å². The third kappa shape index (κ3) is 4.79. The average molecular weight is 418 g/mol. The van der Waals surface area contributed by atoms with E-state index in [1.165, 1.54) is 11.3 Å². The summed E-state index contributed by atoms with van der Waals surface area (Å²) in [7, 11) is 0. The summed E-state index contributed by atoms with van der Waals surface area (Å²) in [6.07, 6.45) is 2.46. The Kier molecular flexibility index (Phi) is 7.52. The standard InChI is InChI=1S/C17H19N3O3S.2ClH/c21-16(19-12-2-1-5-18-8-12)7-13-9-24-17(20-13)11-3-4-14-15(6-11)23-10-22-14;;/h3-4,6,9,12,18H,1-2,5,7-8,10H2,(H,19,21);2*1H/t12-;;/m0../s1. The minimum atomic E-state index is 0. The quantitative estimate of drug-likeness (QED) is 0.799. The van der Waals surface area contributed by atoms with Gasteiger partial charge >= 0.3 is 0 Å². The predicted molar refractivity (Wildman–Crippen MR) is 106 cm³/mol. The van der Waals surface area contributed by atoms with Crippen LogP contribution in [0.1, 0.15) is 18.5 Å². The second kappa shape index (κ2) is 9.41. The smallest absolute Gasteiger partial charge is 0.231 e. The van der Waals surface area contributed by atoms with Crippen LogP contribution >= 0.6 is 36.2 Å². The van der Waals surface area contributed by atoms with Crippen molar-refractivity contribution in [2.24, 2.45) is 0 Å². The minimum absolute atomic E-state index is 0. The Labute approximate surface area is 168 Å². The molecule has 6 nitrogen and oxygen atoms in total. The molecule has 2 aromatic rings. The summed E-state index contributed by atoms with van der Waals surface area (Å²) < 4.78 is 10.7. The zero-order valence-corrected chi connectivity index (χ0v) is 16.5. The Morgan fingerprint density at radius 1 is 1.31 bits per heavy atom. The van der Waals surface area contributed by atoms with Crippen LogP contribution in [0.25, 0.3) is 10.6 Å². The molecule has 2 aliphatic heterocycles. The molecule has 1 aromatic heterocycles. The zero-order chi connectivity index (χ0) is 16.4. The number of fused-ring (bicyclic) bond motifs is 1. The van der Waals surface area contributed by atoms with E-state index < -0.39 is 0 Å². The van der Waals surface area contributed by atoms with E-state index in [2.05, 4.69) is 15.6 Å². The molecular weight excluding hydrogens is 397 g/mol. The van der Waals surface area contributed by atoms with Gasteiger partial charge in [-0.05, 0) is 37.6 Å². The van der Waals surface area contributed by atoms with Crippen LogP contribution in [0.3, 0.4) is 0 Å². The number of aromatic nitrogens is 1. The number of amides is 1. The van der Waals surface area contributed by atoms with E-state index in [0.717, 1.165) is 53.7 Å². The SMILES string of the molecule is Cl.Cl.O=C(Cc1csc(-c2ccc3c(c2)OCO3)n1)N[C@H]1CCCNC1. The fourth-order valence-electron chi connectivity index (χ4n) is 2.97. The minimum Gasteiger partial charge on any atom is -0.454 e. The molecule has 0 aliphatic carbocycles.